The average Bonchev–Trinajstić information content (AvgIpc) is 2.15. The summed E-state index contributed by atoms with van der Waals surface area (Å²) in [4.78, 5) is 0. The van der Waals surface area contributed by atoms with Crippen LogP contribution in [0.25, 0.3) is 0 Å². The van der Waals surface area contributed by atoms with Crippen LogP contribution in [0, 0.1) is 17.2 Å². The maximum absolute atomic E-state index is 9.06. The molecule has 0 aromatic rings. The minimum Gasteiger partial charge on any atom is -0.395 e. The van der Waals surface area contributed by atoms with Crippen LogP contribution in [0.2, 0.25) is 0 Å². The van der Waals surface area contributed by atoms with Crippen molar-refractivity contribution in [2.24, 2.45) is 5.92 Å². The molecule has 0 saturated heterocycles. The van der Waals surface area contributed by atoms with Gasteiger partial charge in [0.25, 0.3) is 0 Å². The van der Waals surface area contributed by atoms with Crippen LogP contribution in [0.4, 0.5) is 0 Å². The third-order valence-corrected chi connectivity index (χ3v) is 2.12. The highest BCUT2D eigenvalue weighted by Gasteiger charge is 2.07. The third-order valence-electron chi connectivity index (χ3n) is 2.12. The number of nitrogens with one attached hydrogen (secondary N) is 1. The number of nitrogens with zero attached hydrogens (tertiary/aromatic N) is 1. The summed E-state index contributed by atoms with van der Waals surface area (Å²) in [6, 6.07) is 2.34. The van der Waals surface area contributed by atoms with Crippen LogP contribution >= 0.6 is 0 Å². The molecule has 1 atom stereocenters. The van der Waals surface area contributed by atoms with Crippen LogP contribution in [0.15, 0.2) is 0 Å². The van der Waals surface area contributed by atoms with Gasteiger partial charge in [0.2, 0.25) is 0 Å². The van der Waals surface area contributed by atoms with E-state index in [4.69, 9.17) is 10.4 Å². The molecule has 2 N–H and O–H groups in total. The molecule has 14 heavy (non-hydrogen) atoms. The standard InChI is InChI=1S/C11H22N2O/c1-10(2)8-11(9-14)13-7-5-3-4-6-12/h10-11,13-14H,3-5,7-9H2,1-2H3. The molecule has 0 heterocycles. The summed E-state index contributed by atoms with van der Waals surface area (Å²) in [6.07, 6.45) is 3.61. The van der Waals surface area contributed by atoms with E-state index in [0.717, 1.165) is 25.8 Å². The van der Waals surface area contributed by atoms with Crippen molar-refractivity contribution < 1.29 is 5.11 Å². The summed E-state index contributed by atoms with van der Waals surface area (Å²) in [5, 5.41) is 20.7. The van der Waals surface area contributed by atoms with Crippen LogP contribution in [0.5, 0.6) is 0 Å². The van der Waals surface area contributed by atoms with Gasteiger partial charge in [-0.3, -0.25) is 0 Å². The number of aliphatic hydroxyl groups excluding tert-OH is 1. The molecule has 3 heteroatoms. The molecular weight excluding hydrogens is 176 g/mol. The highest BCUT2D eigenvalue weighted by atomic mass is 16.3. The van der Waals surface area contributed by atoms with Crippen LogP contribution in [-0.4, -0.2) is 24.3 Å². The van der Waals surface area contributed by atoms with Crippen molar-refractivity contribution in [3.05, 3.63) is 0 Å². The van der Waals surface area contributed by atoms with Crippen LogP contribution < -0.4 is 5.32 Å². The van der Waals surface area contributed by atoms with Gasteiger partial charge in [0.15, 0.2) is 0 Å². The fraction of sp³-hybridized carbons (Fsp3) is 0.909. The minimum absolute atomic E-state index is 0.205. The van der Waals surface area contributed by atoms with Gasteiger partial charge in [-0.2, -0.15) is 5.26 Å². The van der Waals surface area contributed by atoms with E-state index in [2.05, 4.69) is 25.2 Å². The van der Waals surface area contributed by atoms with Gasteiger partial charge in [-0.05, 0) is 31.7 Å². The zero-order valence-corrected chi connectivity index (χ0v) is 9.29. The molecule has 0 spiro atoms. The summed E-state index contributed by atoms with van der Waals surface area (Å²) < 4.78 is 0. The number of nitriles is 1. The molecule has 0 aliphatic carbocycles. The van der Waals surface area contributed by atoms with E-state index >= 15 is 0 Å². The molecule has 0 aromatic heterocycles. The fourth-order valence-corrected chi connectivity index (χ4v) is 1.43. The second-order valence-electron chi connectivity index (χ2n) is 4.08. The average molecular weight is 198 g/mol. The minimum atomic E-state index is 0.205. The maximum atomic E-state index is 9.06. The maximum Gasteiger partial charge on any atom is 0.0621 e. The molecule has 0 rings (SSSR count). The fourth-order valence-electron chi connectivity index (χ4n) is 1.43. The number of hydrogen-bond acceptors (Lipinski definition) is 3. The van der Waals surface area contributed by atoms with E-state index in [1.54, 1.807) is 0 Å². The predicted octanol–water partition coefficient (Wildman–Crippen LogP) is 1.68. The van der Waals surface area contributed by atoms with Gasteiger partial charge in [-0.25, -0.2) is 0 Å². The Labute approximate surface area is 87.1 Å². The second-order valence-corrected chi connectivity index (χ2v) is 4.08. The monoisotopic (exact) mass is 198 g/mol. The van der Waals surface area contributed by atoms with Gasteiger partial charge in [0.05, 0.1) is 12.7 Å². The first-order valence-corrected chi connectivity index (χ1v) is 5.42. The Bertz CT molecular complexity index is 163. The SMILES string of the molecule is CC(C)CC(CO)NCCCCC#N. The van der Waals surface area contributed by atoms with E-state index in [1.165, 1.54) is 0 Å². The van der Waals surface area contributed by atoms with Crippen LogP contribution in [0.3, 0.4) is 0 Å². The first-order valence-electron chi connectivity index (χ1n) is 5.42. The Morgan fingerprint density at radius 3 is 2.57 bits per heavy atom. The number of unbranched alkanes of at least 4 members (excludes halogenated alkanes) is 2. The van der Waals surface area contributed by atoms with Crippen LogP contribution in [0.1, 0.15) is 39.5 Å². The summed E-state index contributed by atoms with van der Waals surface area (Å²) in [7, 11) is 0. The molecule has 1 unspecified atom stereocenters. The van der Waals surface area contributed by atoms with Gasteiger partial charge in [0, 0.05) is 12.5 Å². The quantitative estimate of drug-likeness (QED) is 0.583. The molecular formula is C11H22N2O. The Balaban J connectivity index is 3.39. The lowest BCUT2D eigenvalue weighted by Gasteiger charge is -2.17. The van der Waals surface area contributed by atoms with E-state index in [-0.39, 0.29) is 12.6 Å². The molecule has 0 bridgehead atoms. The zero-order chi connectivity index (χ0) is 10.8. The lowest BCUT2D eigenvalue weighted by molar-refractivity contribution is 0.224. The van der Waals surface area contributed by atoms with Crippen molar-refractivity contribution in [2.45, 2.75) is 45.6 Å². The van der Waals surface area contributed by atoms with E-state index in [1.807, 2.05) is 0 Å². The lowest BCUT2D eigenvalue weighted by atomic mass is 10.0. The second kappa shape index (κ2) is 8.98. The molecule has 0 radical (unpaired) electrons. The Hall–Kier alpha value is -0.590. The first-order chi connectivity index (χ1) is 6.70. The highest BCUT2D eigenvalue weighted by molar-refractivity contribution is 4.70. The molecule has 0 amide bonds. The van der Waals surface area contributed by atoms with Crippen molar-refractivity contribution in [1.82, 2.24) is 5.32 Å². The largest absolute Gasteiger partial charge is 0.395 e. The van der Waals surface area contributed by atoms with E-state index in [9.17, 15) is 0 Å². The lowest BCUT2D eigenvalue weighted by Crippen LogP contribution is -2.34. The van der Waals surface area contributed by atoms with Crippen molar-refractivity contribution in [3.8, 4) is 6.07 Å². The molecule has 0 aliphatic rings. The molecule has 82 valence electrons. The number of aliphatic hydroxyl groups is 1. The summed E-state index contributed by atoms with van der Waals surface area (Å²) in [5.41, 5.74) is 0. The smallest absolute Gasteiger partial charge is 0.0621 e. The Morgan fingerprint density at radius 1 is 1.36 bits per heavy atom. The van der Waals surface area contributed by atoms with Gasteiger partial charge in [-0.1, -0.05) is 13.8 Å². The summed E-state index contributed by atoms with van der Waals surface area (Å²) in [6.45, 7) is 5.41. The first kappa shape index (κ1) is 13.4. The van der Waals surface area contributed by atoms with Gasteiger partial charge in [-0.15, -0.1) is 0 Å². The molecule has 0 aliphatic heterocycles. The predicted molar refractivity (Wildman–Crippen MR) is 57.8 cm³/mol. The molecule has 3 nitrogen and oxygen atoms in total. The van der Waals surface area contributed by atoms with Crippen molar-refractivity contribution in [3.63, 3.8) is 0 Å². The molecule has 0 aromatic carbocycles. The Kier molecular flexibility index (Phi) is 8.61. The van der Waals surface area contributed by atoms with Crippen LogP contribution in [-0.2, 0) is 0 Å². The number of hydrogen-bond donors (Lipinski definition) is 2. The summed E-state index contributed by atoms with van der Waals surface area (Å²) >= 11 is 0. The van der Waals surface area contributed by atoms with Gasteiger partial charge < -0.3 is 10.4 Å². The van der Waals surface area contributed by atoms with Crippen molar-refractivity contribution >= 4 is 0 Å². The zero-order valence-electron chi connectivity index (χ0n) is 9.29. The van der Waals surface area contributed by atoms with E-state index < -0.39 is 0 Å². The van der Waals surface area contributed by atoms with Gasteiger partial charge in [0.1, 0.15) is 0 Å². The molecule has 0 saturated carbocycles. The highest BCUT2D eigenvalue weighted by Crippen LogP contribution is 2.04. The third kappa shape index (κ3) is 8.03. The van der Waals surface area contributed by atoms with Crippen molar-refractivity contribution in [2.75, 3.05) is 13.2 Å². The van der Waals surface area contributed by atoms with E-state index in [0.29, 0.717) is 12.3 Å². The molecule has 0 fully saturated rings. The number of rotatable bonds is 8. The summed E-state index contributed by atoms with van der Waals surface area (Å²) in [5.74, 6) is 0.610. The normalized spacial score (nSPS) is 12.8. The van der Waals surface area contributed by atoms with Gasteiger partial charge >= 0.3 is 0 Å². The van der Waals surface area contributed by atoms with Crippen molar-refractivity contribution in [1.29, 1.82) is 5.26 Å². The topological polar surface area (TPSA) is 56.0 Å². The Morgan fingerprint density at radius 2 is 2.07 bits per heavy atom.